The van der Waals surface area contributed by atoms with Crippen LogP contribution in [0.15, 0.2) is 0 Å². The summed E-state index contributed by atoms with van der Waals surface area (Å²) < 4.78 is 49.7. The molecular weight excluding hydrogens is 816 g/mol. The Morgan fingerprint density at radius 1 is 0.694 bits per heavy atom. The summed E-state index contributed by atoms with van der Waals surface area (Å²) >= 11 is 0. The van der Waals surface area contributed by atoms with E-state index in [2.05, 4.69) is 27.7 Å². The third kappa shape index (κ3) is 7.38. The normalized spacial score (nSPS) is 57.8. The van der Waals surface area contributed by atoms with Crippen molar-refractivity contribution in [2.24, 2.45) is 52.3 Å². The predicted molar refractivity (Wildman–Crippen MR) is 210 cm³/mol. The van der Waals surface area contributed by atoms with E-state index in [0.717, 1.165) is 38.5 Å². The van der Waals surface area contributed by atoms with Gasteiger partial charge in [0.05, 0.1) is 38.6 Å². The second kappa shape index (κ2) is 17.3. The molecule has 9 N–H and O–H groups in total. The molecular formula is C44H70O18. The monoisotopic (exact) mass is 886 g/mol. The lowest BCUT2D eigenvalue weighted by molar-refractivity contribution is -0.392. The molecule has 9 fully saturated rings. The van der Waals surface area contributed by atoms with Gasteiger partial charge < -0.3 is 83.9 Å². The second-order valence-electron chi connectivity index (χ2n) is 20.9. The van der Waals surface area contributed by atoms with Gasteiger partial charge in [0.25, 0.3) is 0 Å². The molecule has 0 aromatic heterocycles. The van der Waals surface area contributed by atoms with Crippen LogP contribution in [-0.4, -0.2) is 182 Å². The van der Waals surface area contributed by atoms with Gasteiger partial charge in [-0.2, -0.15) is 0 Å². The Morgan fingerprint density at radius 2 is 1.39 bits per heavy atom. The fraction of sp³-hybridized carbons (Fsp3) is 0.977. The number of fused-ring (bicyclic) bond motifs is 7. The minimum Gasteiger partial charge on any atom is -0.394 e. The summed E-state index contributed by atoms with van der Waals surface area (Å²) in [6.07, 6.45) is -15.5. The van der Waals surface area contributed by atoms with E-state index in [1.165, 1.54) is 0 Å². The lowest BCUT2D eigenvalue weighted by Gasteiger charge is -2.61. The number of ketones is 1. The van der Waals surface area contributed by atoms with Gasteiger partial charge in [0.2, 0.25) is 0 Å². The maximum atomic E-state index is 14.7. The topological polar surface area (TPSA) is 273 Å². The van der Waals surface area contributed by atoms with E-state index in [0.29, 0.717) is 43.5 Å². The van der Waals surface area contributed by atoms with E-state index >= 15 is 0 Å². The van der Waals surface area contributed by atoms with Crippen LogP contribution < -0.4 is 0 Å². The molecule has 0 radical (unpaired) electrons. The zero-order valence-corrected chi connectivity index (χ0v) is 36.2. The first-order chi connectivity index (χ1) is 29.4. The van der Waals surface area contributed by atoms with Crippen LogP contribution >= 0.6 is 0 Å². The average Bonchev–Trinajstić information content (AvgIpc) is 3.70. The van der Waals surface area contributed by atoms with Gasteiger partial charge in [0.1, 0.15) is 72.9 Å². The number of aliphatic hydroxyl groups is 9. The summed E-state index contributed by atoms with van der Waals surface area (Å²) in [5.41, 5.74) is -0.620. The smallest absolute Gasteiger partial charge is 0.187 e. The molecule has 18 nitrogen and oxygen atoms in total. The molecule has 0 unspecified atom stereocenters. The molecule has 18 heteroatoms. The molecule has 0 aromatic carbocycles. The molecule has 0 amide bonds. The van der Waals surface area contributed by atoms with Crippen molar-refractivity contribution in [3.8, 4) is 0 Å². The fourth-order valence-corrected chi connectivity index (χ4v) is 14.1. The van der Waals surface area contributed by atoms with Gasteiger partial charge in [-0.15, -0.1) is 0 Å². The molecule has 9 rings (SSSR count). The van der Waals surface area contributed by atoms with Crippen LogP contribution in [0.3, 0.4) is 0 Å². The maximum Gasteiger partial charge on any atom is 0.187 e. The number of carbonyl (C=O) groups is 1. The lowest BCUT2D eigenvalue weighted by atomic mass is 9.44. The Bertz CT molecular complexity index is 1600. The van der Waals surface area contributed by atoms with Gasteiger partial charge in [0, 0.05) is 30.1 Å². The van der Waals surface area contributed by atoms with E-state index in [-0.39, 0.29) is 41.1 Å². The van der Waals surface area contributed by atoms with Crippen LogP contribution in [0.5, 0.6) is 0 Å². The molecule has 5 heterocycles. The number of rotatable bonds is 8. The third-order valence-electron chi connectivity index (χ3n) is 17.8. The van der Waals surface area contributed by atoms with Crippen LogP contribution in [-0.2, 0) is 42.7 Å². The summed E-state index contributed by atoms with van der Waals surface area (Å²) in [5, 5.41) is 95.1. The molecule has 354 valence electrons. The van der Waals surface area contributed by atoms with Gasteiger partial charge in [-0.25, -0.2) is 0 Å². The van der Waals surface area contributed by atoms with Crippen LogP contribution in [0.4, 0.5) is 0 Å². The van der Waals surface area contributed by atoms with Gasteiger partial charge in [-0.1, -0.05) is 27.7 Å². The Hall–Kier alpha value is -1.01. The first kappa shape index (κ1) is 46.1. The quantitative estimate of drug-likeness (QED) is 0.133. The van der Waals surface area contributed by atoms with Crippen LogP contribution in [0.1, 0.15) is 85.5 Å². The van der Waals surface area contributed by atoms with Crippen molar-refractivity contribution in [1.29, 1.82) is 0 Å². The molecule has 62 heavy (non-hydrogen) atoms. The summed E-state index contributed by atoms with van der Waals surface area (Å²) in [7, 11) is 0. The highest BCUT2D eigenvalue weighted by Gasteiger charge is 2.72. The Labute approximate surface area is 362 Å². The molecule has 4 saturated carbocycles. The highest BCUT2D eigenvalue weighted by Crippen LogP contribution is 2.70. The van der Waals surface area contributed by atoms with Crippen molar-refractivity contribution >= 4 is 5.78 Å². The van der Waals surface area contributed by atoms with Gasteiger partial charge in [-0.05, 0) is 80.0 Å². The molecule has 0 bridgehead atoms. The Morgan fingerprint density at radius 3 is 2.10 bits per heavy atom. The Kier molecular flexibility index (Phi) is 12.8. The van der Waals surface area contributed by atoms with Gasteiger partial charge in [-0.3, -0.25) is 4.79 Å². The number of hydrogen-bond donors (Lipinski definition) is 9. The van der Waals surface area contributed by atoms with Crippen molar-refractivity contribution in [2.75, 3.05) is 26.4 Å². The van der Waals surface area contributed by atoms with Crippen LogP contribution in [0, 0.1) is 52.3 Å². The molecule has 5 saturated heterocycles. The summed E-state index contributed by atoms with van der Waals surface area (Å²) in [5.74, 6) is 1.46. The van der Waals surface area contributed by atoms with Crippen molar-refractivity contribution in [1.82, 2.24) is 0 Å². The summed E-state index contributed by atoms with van der Waals surface area (Å²) in [4.78, 5) is 14.7. The zero-order chi connectivity index (χ0) is 44.2. The zero-order valence-electron chi connectivity index (χ0n) is 36.2. The van der Waals surface area contributed by atoms with Gasteiger partial charge in [0.15, 0.2) is 24.7 Å². The number of carbonyl (C=O) groups excluding carboxylic acids is 1. The van der Waals surface area contributed by atoms with Crippen LogP contribution in [0.2, 0.25) is 0 Å². The van der Waals surface area contributed by atoms with Crippen LogP contribution in [0.25, 0.3) is 0 Å². The standard InChI is InChI=1S/C44H70O18/c1-18-7-10-44(56-16-18)19(2)30-26(62-44)12-24-22-6-5-20-11-21(8-9-42(20,3)23(22)13-29(48)43(24,30)4)57-41-38(61-40-36(54)34(52)32(50)27(14-45)58-40)37(33(51)28(15-46)59-41)60-39-35(53)31(49)25(47)17-55-39/h18-28,30-41,45-47,49-54H,5-17H2,1-4H3/t18-,19-,20+,21-,22+,23-,24-,25+,26-,27+,28+,30-,31-,32+,33+,34-,35+,36+,37-,38+,39-,40-,41+,42-,43+,44+/m0/s1. The van der Waals surface area contributed by atoms with E-state index in [1.54, 1.807) is 0 Å². The minimum atomic E-state index is -1.85. The van der Waals surface area contributed by atoms with E-state index < -0.39 is 123 Å². The highest BCUT2D eigenvalue weighted by molar-refractivity contribution is 5.87. The Balaban J connectivity index is 0.929. The predicted octanol–water partition coefficient (Wildman–Crippen LogP) is -0.915. The summed E-state index contributed by atoms with van der Waals surface area (Å²) in [6.45, 7) is 7.84. The van der Waals surface area contributed by atoms with Crippen molar-refractivity contribution in [2.45, 2.75) is 189 Å². The minimum absolute atomic E-state index is 0.00178. The van der Waals surface area contributed by atoms with Gasteiger partial charge >= 0.3 is 0 Å². The summed E-state index contributed by atoms with van der Waals surface area (Å²) in [6, 6.07) is 0. The largest absolute Gasteiger partial charge is 0.394 e. The molecule has 5 aliphatic heterocycles. The van der Waals surface area contributed by atoms with Crippen molar-refractivity contribution in [3.63, 3.8) is 0 Å². The second-order valence-corrected chi connectivity index (χ2v) is 20.9. The lowest BCUT2D eigenvalue weighted by Crippen LogP contribution is -2.67. The molecule has 9 aliphatic rings. The van der Waals surface area contributed by atoms with E-state index in [1.807, 2.05) is 0 Å². The van der Waals surface area contributed by atoms with E-state index in [9.17, 15) is 50.8 Å². The number of Topliss-reactive ketones (excluding diaryl/α,β-unsaturated/α-hetero) is 1. The van der Waals surface area contributed by atoms with Crippen molar-refractivity contribution in [3.05, 3.63) is 0 Å². The molecule has 1 spiro atoms. The van der Waals surface area contributed by atoms with E-state index in [4.69, 9.17) is 37.9 Å². The fourth-order valence-electron chi connectivity index (χ4n) is 14.1. The molecule has 4 aliphatic carbocycles. The first-order valence-electron chi connectivity index (χ1n) is 23.2. The molecule has 0 aromatic rings. The SMILES string of the molecule is C[C@H]1CC[C@@]2(OC1)O[C@H]1C[C@H]3[C@@H]4CC[C@@H]5C[C@@H](O[C@@H]6O[C@H](CO)[C@@H](O)[C@H](O[C@@H]7OC[C@@H](O)[C@H](O)[C@H]7O)[C@H]6O[C@@H]6O[C@H](CO)[C@@H](O)[C@H](O)[C@H]6O)CC[C@]5(C)[C@H]4CC(=O)[C@]3(C)[C@H]1[C@@H]2C. The number of ether oxygens (including phenoxy) is 8. The number of hydrogen-bond acceptors (Lipinski definition) is 18. The molecule has 26 atom stereocenters. The highest BCUT2D eigenvalue weighted by atomic mass is 16.8. The number of aliphatic hydroxyl groups excluding tert-OH is 9. The van der Waals surface area contributed by atoms with Crippen molar-refractivity contribution < 1.29 is 88.6 Å². The maximum absolute atomic E-state index is 14.7. The third-order valence-corrected chi connectivity index (χ3v) is 17.8. The first-order valence-corrected chi connectivity index (χ1v) is 23.2. The average molecular weight is 887 g/mol.